The van der Waals surface area contributed by atoms with Gasteiger partial charge in [-0.3, -0.25) is 4.79 Å². The van der Waals surface area contributed by atoms with Crippen molar-refractivity contribution in [2.45, 2.75) is 50.7 Å². The zero-order valence-electron chi connectivity index (χ0n) is 18.9. The van der Waals surface area contributed by atoms with Crippen molar-refractivity contribution in [2.75, 3.05) is 17.7 Å². The first-order valence-electron chi connectivity index (χ1n) is 11.0. The Balaban J connectivity index is 1.42. The highest BCUT2D eigenvalue weighted by atomic mass is 35.5. The molecule has 0 spiro atoms. The second kappa shape index (κ2) is 10.5. The Morgan fingerprint density at radius 1 is 1.18 bits per heavy atom. The minimum atomic E-state index is -0.171. The van der Waals surface area contributed by atoms with E-state index in [9.17, 15) is 4.79 Å². The lowest BCUT2D eigenvalue weighted by Gasteiger charge is -2.14. The predicted octanol–water partition coefficient (Wildman–Crippen LogP) is 6.31. The molecule has 1 N–H and O–H groups in total. The van der Waals surface area contributed by atoms with E-state index < -0.39 is 0 Å². The molecule has 0 unspecified atom stereocenters. The number of carbonyl (C=O) groups is 1. The number of benzene rings is 2. The van der Waals surface area contributed by atoms with Crippen LogP contribution in [-0.4, -0.2) is 33.0 Å². The Labute approximate surface area is 202 Å². The van der Waals surface area contributed by atoms with Crippen LogP contribution in [0.15, 0.2) is 47.6 Å². The Morgan fingerprint density at radius 2 is 1.91 bits per heavy atom. The summed E-state index contributed by atoms with van der Waals surface area (Å²) in [4.78, 5) is 12.8. The van der Waals surface area contributed by atoms with Gasteiger partial charge in [-0.2, -0.15) is 0 Å². The number of ether oxygens (including phenoxy) is 2. The summed E-state index contributed by atoms with van der Waals surface area (Å²) in [6.07, 6.45) is 2.26. The molecule has 2 aromatic carbocycles. The first-order chi connectivity index (χ1) is 15.9. The first kappa shape index (κ1) is 23.4. The van der Waals surface area contributed by atoms with Crippen molar-refractivity contribution in [3.05, 3.63) is 53.3 Å². The average Bonchev–Trinajstić information content (AvgIpc) is 3.54. The highest BCUT2D eigenvalue weighted by molar-refractivity contribution is 7.99. The van der Waals surface area contributed by atoms with E-state index in [0.29, 0.717) is 34.9 Å². The minimum Gasteiger partial charge on any atom is -0.494 e. The fraction of sp³-hybridized carbons (Fsp3) is 0.375. The lowest BCUT2D eigenvalue weighted by molar-refractivity contribution is -0.113. The van der Waals surface area contributed by atoms with Gasteiger partial charge >= 0.3 is 0 Å². The molecule has 0 radical (unpaired) electrons. The number of nitrogens with zero attached hydrogens (tertiary/aromatic N) is 3. The molecule has 4 rings (SSSR count). The summed E-state index contributed by atoms with van der Waals surface area (Å²) in [5.74, 6) is 3.20. The molecule has 1 aromatic heterocycles. The van der Waals surface area contributed by atoms with Gasteiger partial charge in [-0.25, -0.2) is 0 Å². The van der Waals surface area contributed by atoms with Crippen molar-refractivity contribution in [1.82, 2.24) is 14.8 Å². The van der Waals surface area contributed by atoms with Crippen LogP contribution in [0, 0.1) is 0 Å². The maximum absolute atomic E-state index is 12.8. The van der Waals surface area contributed by atoms with Crippen molar-refractivity contribution in [1.29, 1.82) is 0 Å². The molecule has 0 bridgehead atoms. The standard InChI is InChI=1S/C24H27ClN4O3S/c1-4-31-18-8-10-19(11-9-18)32-21-12-5-16(25)13-20(21)26-22(30)14-33-24-28-27-23(15(2)3)29(24)17-6-7-17/h5,8-13,15,17H,4,6-7,14H2,1-3H3,(H,26,30). The van der Waals surface area contributed by atoms with Gasteiger partial charge < -0.3 is 19.4 Å². The van der Waals surface area contributed by atoms with E-state index in [0.717, 1.165) is 29.6 Å². The van der Waals surface area contributed by atoms with Crippen LogP contribution in [0.3, 0.4) is 0 Å². The average molecular weight is 487 g/mol. The predicted molar refractivity (Wildman–Crippen MR) is 131 cm³/mol. The summed E-state index contributed by atoms with van der Waals surface area (Å²) in [5, 5.41) is 12.9. The second-order valence-corrected chi connectivity index (χ2v) is 9.46. The molecule has 1 amide bonds. The third kappa shape index (κ3) is 6.00. The summed E-state index contributed by atoms with van der Waals surface area (Å²) >= 11 is 7.57. The van der Waals surface area contributed by atoms with E-state index in [4.69, 9.17) is 21.1 Å². The molecule has 0 aliphatic heterocycles. The van der Waals surface area contributed by atoms with Crippen molar-refractivity contribution in [3.63, 3.8) is 0 Å². The number of nitrogens with one attached hydrogen (secondary N) is 1. The summed E-state index contributed by atoms with van der Waals surface area (Å²) in [7, 11) is 0. The normalized spacial score (nSPS) is 13.2. The van der Waals surface area contributed by atoms with Gasteiger partial charge in [0.15, 0.2) is 10.9 Å². The van der Waals surface area contributed by atoms with E-state index in [-0.39, 0.29) is 17.6 Å². The SMILES string of the molecule is CCOc1ccc(Oc2ccc(Cl)cc2NC(=O)CSc2nnc(C(C)C)n2C2CC2)cc1. The van der Waals surface area contributed by atoms with Crippen molar-refractivity contribution >= 4 is 35.0 Å². The summed E-state index contributed by atoms with van der Waals surface area (Å²) in [5.41, 5.74) is 0.508. The molecule has 33 heavy (non-hydrogen) atoms. The maximum atomic E-state index is 12.8. The number of anilines is 1. The van der Waals surface area contributed by atoms with E-state index in [1.807, 2.05) is 31.2 Å². The fourth-order valence-corrected chi connectivity index (χ4v) is 4.34. The van der Waals surface area contributed by atoms with Gasteiger partial charge in [0, 0.05) is 17.0 Å². The zero-order valence-corrected chi connectivity index (χ0v) is 20.4. The van der Waals surface area contributed by atoms with E-state index in [1.54, 1.807) is 18.2 Å². The monoisotopic (exact) mass is 486 g/mol. The smallest absolute Gasteiger partial charge is 0.234 e. The van der Waals surface area contributed by atoms with Gasteiger partial charge in [-0.1, -0.05) is 37.2 Å². The number of hydrogen-bond donors (Lipinski definition) is 1. The highest BCUT2D eigenvalue weighted by Gasteiger charge is 2.30. The largest absolute Gasteiger partial charge is 0.494 e. The quantitative estimate of drug-likeness (QED) is 0.338. The van der Waals surface area contributed by atoms with Gasteiger partial charge in [-0.05, 0) is 62.2 Å². The van der Waals surface area contributed by atoms with Gasteiger partial charge in [-0.15, -0.1) is 10.2 Å². The Bertz CT molecular complexity index is 1110. The van der Waals surface area contributed by atoms with Crippen LogP contribution in [0.4, 0.5) is 5.69 Å². The molecular formula is C24H27ClN4O3S. The number of carbonyl (C=O) groups excluding carboxylic acids is 1. The summed E-state index contributed by atoms with van der Waals surface area (Å²) in [6, 6.07) is 12.9. The molecule has 174 valence electrons. The number of amides is 1. The van der Waals surface area contributed by atoms with Crippen LogP contribution in [-0.2, 0) is 4.79 Å². The van der Waals surface area contributed by atoms with Crippen LogP contribution < -0.4 is 14.8 Å². The number of aromatic nitrogens is 3. The van der Waals surface area contributed by atoms with Gasteiger partial charge in [0.25, 0.3) is 0 Å². The molecule has 1 aliphatic carbocycles. The first-order valence-corrected chi connectivity index (χ1v) is 12.4. The molecule has 7 nitrogen and oxygen atoms in total. The van der Waals surface area contributed by atoms with Crippen LogP contribution in [0.1, 0.15) is 51.4 Å². The second-order valence-electron chi connectivity index (χ2n) is 8.08. The van der Waals surface area contributed by atoms with Crippen LogP contribution in [0.25, 0.3) is 0 Å². The van der Waals surface area contributed by atoms with Crippen molar-refractivity contribution in [2.24, 2.45) is 0 Å². The van der Waals surface area contributed by atoms with E-state index in [2.05, 4.69) is 33.9 Å². The van der Waals surface area contributed by atoms with Crippen LogP contribution in [0.5, 0.6) is 17.2 Å². The molecule has 9 heteroatoms. The third-order valence-corrected chi connectivity index (χ3v) is 6.21. The van der Waals surface area contributed by atoms with E-state index in [1.165, 1.54) is 11.8 Å². The molecule has 1 aliphatic rings. The minimum absolute atomic E-state index is 0.171. The zero-order chi connectivity index (χ0) is 23.4. The van der Waals surface area contributed by atoms with Gasteiger partial charge in [0.05, 0.1) is 18.0 Å². The fourth-order valence-electron chi connectivity index (χ4n) is 3.36. The Hall–Kier alpha value is -2.71. The van der Waals surface area contributed by atoms with Crippen molar-refractivity contribution < 1.29 is 14.3 Å². The molecule has 1 fully saturated rings. The Morgan fingerprint density at radius 3 is 2.58 bits per heavy atom. The third-order valence-electron chi connectivity index (χ3n) is 5.03. The molecule has 3 aromatic rings. The maximum Gasteiger partial charge on any atom is 0.234 e. The molecule has 1 saturated carbocycles. The highest BCUT2D eigenvalue weighted by Crippen LogP contribution is 2.40. The molecule has 0 saturated heterocycles. The number of halogens is 1. The topological polar surface area (TPSA) is 78.3 Å². The lowest BCUT2D eigenvalue weighted by Crippen LogP contribution is -2.15. The number of thioether (sulfide) groups is 1. The van der Waals surface area contributed by atoms with Gasteiger partial charge in [0.1, 0.15) is 17.3 Å². The summed E-state index contributed by atoms with van der Waals surface area (Å²) in [6.45, 7) is 6.75. The lowest BCUT2D eigenvalue weighted by atomic mass is 10.2. The van der Waals surface area contributed by atoms with Crippen molar-refractivity contribution in [3.8, 4) is 17.2 Å². The number of rotatable bonds is 10. The molecule has 0 atom stereocenters. The number of hydrogen-bond acceptors (Lipinski definition) is 6. The molecular weight excluding hydrogens is 460 g/mol. The molecule has 1 heterocycles. The van der Waals surface area contributed by atoms with E-state index >= 15 is 0 Å². The van der Waals surface area contributed by atoms with Crippen LogP contribution in [0.2, 0.25) is 5.02 Å². The summed E-state index contributed by atoms with van der Waals surface area (Å²) < 4.78 is 13.6. The van der Waals surface area contributed by atoms with Gasteiger partial charge in [0.2, 0.25) is 5.91 Å². The van der Waals surface area contributed by atoms with Crippen LogP contribution >= 0.6 is 23.4 Å². The Kier molecular flexibility index (Phi) is 7.45.